The maximum Gasteiger partial charge on any atom is 1.00 e. The van der Waals surface area contributed by atoms with E-state index in [0.717, 1.165) is 17.0 Å². The van der Waals surface area contributed by atoms with E-state index in [1.807, 2.05) is 24.3 Å². The minimum absolute atomic E-state index is 0. The van der Waals surface area contributed by atoms with E-state index in [1.54, 1.807) is 0 Å². The maximum absolute atomic E-state index is 5.78. The predicted molar refractivity (Wildman–Crippen MR) is 40.5 cm³/mol. The molecule has 0 fully saturated rings. The van der Waals surface area contributed by atoms with E-state index in [2.05, 4.69) is 6.92 Å². The molecule has 0 spiro atoms. The summed E-state index contributed by atoms with van der Waals surface area (Å²) < 4.78 is 0. The number of hydrogen-bond donors (Lipinski definition) is 0. The van der Waals surface area contributed by atoms with Crippen molar-refractivity contribution in [3.8, 4) is 0 Å². The van der Waals surface area contributed by atoms with Crippen molar-refractivity contribution in [3.63, 3.8) is 0 Å². The van der Waals surface area contributed by atoms with E-state index in [0.29, 0.717) is 0 Å². The summed E-state index contributed by atoms with van der Waals surface area (Å²) in [6.45, 7) is 3.73. The Morgan fingerprint density at radius 1 is 1.30 bits per heavy atom. The van der Waals surface area contributed by atoms with Crippen LogP contribution < -0.4 is 68.9 Å². The molecule has 0 nitrogen and oxygen atoms in total. The van der Waals surface area contributed by atoms with E-state index in [-0.39, 0.29) is 68.9 Å². The Bertz CT molecular complexity index is 198. The first-order valence-corrected chi connectivity index (χ1v) is 3.25. The Balaban J connectivity index is 0.000000810. The fraction of sp³-hybridized carbons (Fsp3) is 0.125. The Morgan fingerprint density at radius 2 is 1.90 bits per heavy atom. The molecule has 0 aliphatic carbocycles. The minimum atomic E-state index is 0. The number of hydrogen-bond acceptors (Lipinski definition) is 0. The first kappa shape index (κ1) is 11.6. The van der Waals surface area contributed by atoms with E-state index >= 15 is 0 Å². The Labute approximate surface area is 126 Å². The summed E-state index contributed by atoms with van der Waals surface area (Å²) in [6, 6.07) is 7.74. The normalized spacial score (nSPS) is 8.60. The SMILES string of the molecule is [CH2-]Cc1ccccc1Cl.[Cs+]. The van der Waals surface area contributed by atoms with E-state index in [9.17, 15) is 0 Å². The fourth-order valence-electron chi connectivity index (χ4n) is 0.701. The zero-order chi connectivity index (χ0) is 6.69. The molecule has 0 saturated carbocycles. The standard InChI is InChI=1S/C8H8Cl.Cs/c1-2-7-5-3-4-6-8(7)9;/h3-6H,1-2H2;/q-1;+1. The van der Waals surface area contributed by atoms with Crippen molar-refractivity contribution in [2.75, 3.05) is 0 Å². The van der Waals surface area contributed by atoms with Crippen molar-refractivity contribution in [3.05, 3.63) is 41.8 Å². The topological polar surface area (TPSA) is 0 Å². The molecule has 1 aromatic carbocycles. The van der Waals surface area contributed by atoms with Crippen molar-refractivity contribution >= 4 is 11.6 Å². The van der Waals surface area contributed by atoms with Crippen LogP contribution in [-0.2, 0) is 6.42 Å². The van der Waals surface area contributed by atoms with Gasteiger partial charge in [-0.05, 0) is 6.07 Å². The van der Waals surface area contributed by atoms with Gasteiger partial charge in [0.25, 0.3) is 0 Å². The quantitative estimate of drug-likeness (QED) is 0.617. The first-order chi connectivity index (χ1) is 4.34. The zero-order valence-corrected chi connectivity index (χ0v) is 13.1. The molecule has 1 rings (SSSR count). The molecule has 1 aromatic rings. The van der Waals surface area contributed by atoms with Crippen LogP contribution in [0.2, 0.25) is 5.02 Å². The second kappa shape index (κ2) is 6.12. The smallest absolute Gasteiger partial charge is 0.339 e. The van der Waals surface area contributed by atoms with E-state index in [1.165, 1.54) is 0 Å². The fourth-order valence-corrected chi connectivity index (χ4v) is 0.931. The second-order valence-electron chi connectivity index (χ2n) is 1.84. The van der Waals surface area contributed by atoms with Crippen molar-refractivity contribution in [1.29, 1.82) is 0 Å². The van der Waals surface area contributed by atoms with E-state index in [4.69, 9.17) is 11.6 Å². The molecule has 48 valence electrons. The van der Waals surface area contributed by atoms with Crippen LogP contribution in [0.1, 0.15) is 5.56 Å². The molecule has 0 amide bonds. The maximum atomic E-state index is 5.78. The largest absolute Gasteiger partial charge is 1.00 e. The molecule has 0 N–H and O–H groups in total. The van der Waals surface area contributed by atoms with Crippen LogP contribution in [0.25, 0.3) is 0 Å². The van der Waals surface area contributed by atoms with Crippen molar-refractivity contribution in [1.82, 2.24) is 0 Å². The van der Waals surface area contributed by atoms with Crippen LogP contribution in [0.4, 0.5) is 0 Å². The van der Waals surface area contributed by atoms with Crippen LogP contribution in [0, 0.1) is 6.92 Å². The molecule has 10 heavy (non-hydrogen) atoms. The Morgan fingerprint density at radius 3 is 2.30 bits per heavy atom. The van der Waals surface area contributed by atoms with Crippen LogP contribution in [0.3, 0.4) is 0 Å². The minimum Gasteiger partial charge on any atom is -0.339 e. The average Bonchev–Trinajstić information content (AvgIpc) is 1.89. The molecule has 0 aliphatic heterocycles. The van der Waals surface area contributed by atoms with Gasteiger partial charge in [0.1, 0.15) is 0 Å². The van der Waals surface area contributed by atoms with Gasteiger partial charge in [-0.2, -0.15) is 6.42 Å². The predicted octanol–water partition coefficient (Wildman–Crippen LogP) is -0.279. The molecule has 0 aromatic heterocycles. The van der Waals surface area contributed by atoms with Crippen molar-refractivity contribution < 1.29 is 68.9 Å². The van der Waals surface area contributed by atoms with Gasteiger partial charge in [0, 0.05) is 5.02 Å². The van der Waals surface area contributed by atoms with Gasteiger partial charge < -0.3 is 6.92 Å². The van der Waals surface area contributed by atoms with Crippen LogP contribution in [0.5, 0.6) is 0 Å². The summed E-state index contributed by atoms with van der Waals surface area (Å²) in [5, 5.41) is 0.813. The van der Waals surface area contributed by atoms with Gasteiger partial charge in [0.2, 0.25) is 0 Å². The van der Waals surface area contributed by atoms with Crippen molar-refractivity contribution in [2.24, 2.45) is 0 Å². The summed E-state index contributed by atoms with van der Waals surface area (Å²) in [5.41, 5.74) is 1.11. The van der Waals surface area contributed by atoms with Gasteiger partial charge in [0.05, 0.1) is 0 Å². The molecule has 0 unspecified atom stereocenters. The summed E-state index contributed by atoms with van der Waals surface area (Å²) >= 11 is 5.78. The number of benzene rings is 1. The Hall–Kier alpha value is 1.56. The molecule has 0 saturated heterocycles. The van der Waals surface area contributed by atoms with Crippen molar-refractivity contribution in [2.45, 2.75) is 6.42 Å². The Kier molecular flexibility index (Phi) is 7.08. The molecule has 0 bridgehead atoms. The first-order valence-electron chi connectivity index (χ1n) is 2.87. The second-order valence-corrected chi connectivity index (χ2v) is 2.25. The van der Waals surface area contributed by atoms with Crippen LogP contribution in [0.15, 0.2) is 24.3 Å². The number of halogens is 1. The molecule has 0 heterocycles. The molecule has 0 radical (unpaired) electrons. The summed E-state index contributed by atoms with van der Waals surface area (Å²) in [6.07, 6.45) is 0.764. The number of rotatable bonds is 1. The third-order valence-electron chi connectivity index (χ3n) is 1.23. The van der Waals surface area contributed by atoms with Crippen LogP contribution in [-0.4, -0.2) is 0 Å². The summed E-state index contributed by atoms with van der Waals surface area (Å²) in [5.74, 6) is 0. The van der Waals surface area contributed by atoms with E-state index < -0.39 is 0 Å². The monoisotopic (exact) mass is 272 g/mol. The zero-order valence-electron chi connectivity index (χ0n) is 6.10. The van der Waals surface area contributed by atoms with Gasteiger partial charge in [0.15, 0.2) is 0 Å². The molecule has 2 heteroatoms. The molecular formula is C8H8ClCs. The third kappa shape index (κ3) is 3.31. The van der Waals surface area contributed by atoms with Gasteiger partial charge in [-0.25, -0.2) is 0 Å². The summed E-state index contributed by atoms with van der Waals surface area (Å²) in [7, 11) is 0. The molecular weight excluding hydrogens is 264 g/mol. The van der Waals surface area contributed by atoms with Gasteiger partial charge in [-0.3, -0.25) is 0 Å². The van der Waals surface area contributed by atoms with Gasteiger partial charge >= 0.3 is 68.9 Å². The average molecular weight is 273 g/mol. The molecule has 0 atom stereocenters. The third-order valence-corrected chi connectivity index (χ3v) is 1.60. The van der Waals surface area contributed by atoms with Gasteiger partial charge in [-0.1, -0.05) is 35.4 Å². The molecule has 0 aliphatic rings. The summed E-state index contributed by atoms with van der Waals surface area (Å²) in [4.78, 5) is 0. The van der Waals surface area contributed by atoms with Crippen LogP contribution >= 0.6 is 11.6 Å². The van der Waals surface area contributed by atoms with Gasteiger partial charge in [-0.15, -0.1) is 0 Å².